The molecule has 0 N–H and O–H groups in total. The molecule has 0 aliphatic rings. The standard InChI is InChI=1S/C40H24N4S2/c1-3-11-25(12-4-1)26-21-23-28(24-22-26)40-41-35-31(17-10-20-34(35)46-40)38-42-37(27-13-5-2-6-14-27)43-39(44-38)32-18-9-16-30-29-15-7-8-19-33(29)45-36(30)32/h1-24H. The molecule has 0 spiro atoms. The van der Waals surface area contributed by atoms with E-state index in [4.69, 9.17) is 19.9 Å². The molecule has 9 rings (SSSR count). The van der Waals surface area contributed by atoms with Crippen LogP contribution in [0.3, 0.4) is 0 Å². The molecular formula is C40H24N4S2. The van der Waals surface area contributed by atoms with Gasteiger partial charge in [0.2, 0.25) is 0 Å². The molecule has 0 aliphatic heterocycles. The summed E-state index contributed by atoms with van der Waals surface area (Å²) in [6, 6.07) is 50.4. The molecule has 6 aromatic carbocycles. The minimum atomic E-state index is 0.615. The van der Waals surface area contributed by atoms with Crippen molar-refractivity contribution in [3.63, 3.8) is 0 Å². The van der Waals surface area contributed by atoms with E-state index in [1.165, 1.54) is 31.3 Å². The smallest absolute Gasteiger partial charge is 0.166 e. The average Bonchev–Trinajstić information content (AvgIpc) is 3.74. The highest BCUT2D eigenvalue weighted by molar-refractivity contribution is 7.26. The van der Waals surface area contributed by atoms with Crippen molar-refractivity contribution in [2.24, 2.45) is 0 Å². The molecule has 0 saturated heterocycles. The zero-order chi connectivity index (χ0) is 30.5. The van der Waals surface area contributed by atoms with Gasteiger partial charge in [-0.3, -0.25) is 0 Å². The van der Waals surface area contributed by atoms with Crippen LogP contribution in [0.4, 0.5) is 0 Å². The molecule has 216 valence electrons. The number of benzene rings is 6. The monoisotopic (exact) mass is 624 g/mol. The van der Waals surface area contributed by atoms with Gasteiger partial charge in [0.15, 0.2) is 17.5 Å². The second kappa shape index (κ2) is 11.1. The van der Waals surface area contributed by atoms with Crippen LogP contribution in [-0.2, 0) is 0 Å². The van der Waals surface area contributed by atoms with E-state index in [0.717, 1.165) is 37.5 Å². The summed E-state index contributed by atoms with van der Waals surface area (Å²) in [6.45, 7) is 0. The molecule has 0 aliphatic carbocycles. The first kappa shape index (κ1) is 26.8. The molecule has 0 unspecified atom stereocenters. The average molecular weight is 625 g/mol. The molecule has 4 nitrogen and oxygen atoms in total. The second-order valence-corrected chi connectivity index (χ2v) is 13.2. The Morgan fingerprint density at radius 2 is 0.913 bits per heavy atom. The van der Waals surface area contributed by atoms with Gasteiger partial charge in [-0.25, -0.2) is 19.9 Å². The maximum Gasteiger partial charge on any atom is 0.166 e. The first-order valence-corrected chi connectivity index (χ1v) is 16.7. The van der Waals surface area contributed by atoms with E-state index in [-0.39, 0.29) is 0 Å². The van der Waals surface area contributed by atoms with Crippen molar-refractivity contribution in [1.29, 1.82) is 0 Å². The van der Waals surface area contributed by atoms with Gasteiger partial charge in [0.1, 0.15) is 5.01 Å². The number of thiophene rings is 1. The van der Waals surface area contributed by atoms with Crippen molar-refractivity contribution >= 4 is 53.1 Å². The van der Waals surface area contributed by atoms with Gasteiger partial charge >= 0.3 is 0 Å². The summed E-state index contributed by atoms with van der Waals surface area (Å²) in [6.07, 6.45) is 0. The topological polar surface area (TPSA) is 51.6 Å². The quantitative estimate of drug-likeness (QED) is 0.191. The number of hydrogen-bond donors (Lipinski definition) is 0. The van der Waals surface area contributed by atoms with Crippen LogP contribution in [0.1, 0.15) is 0 Å². The fraction of sp³-hybridized carbons (Fsp3) is 0. The van der Waals surface area contributed by atoms with Crippen LogP contribution in [0.25, 0.3) is 86.3 Å². The summed E-state index contributed by atoms with van der Waals surface area (Å²) < 4.78 is 3.52. The third-order valence-corrected chi connectivity index (χ3v) is 10.5. The van der Waals surface area contributed by atoms with Gasteiger partial charge in [-0.1, -0.05) is 121 Å². The lowest BCUT2D eigenvalue weighted by molar-refractivity contribution is 1.08. The summed E-state index contributed by atoms with van der Waals surface area (Å²) >= 11 is 3.46. The lowest BCUT2D eigenvalue weighted by Crippen LogP contribution is -2.00. The van der Waals surface area contributed by atoms with Crippen LogP contribution in [0.5, 0.6) is 0 Å². The number of aromatic nitrogens is 4. The molecule has 6 heteroatoms. The van der Waals surface area contributed by atoms with Gasteiger partial charge in [0, 0.05) is 42.4 Å². The summed E-state index contributed by atoms with van der Waals surface area (Å²) in [5.41, 5.74) is 7.21. The summed E-state index contributed by atoms with van der Waals surface area (Å²) in [7, 11) is 0. The first-order chi connectivity index (χ1) is 22.8. The van der Waals surface area contributed by atoms with E-state index in [9.17, 15) is 0 Å². The molecule has 46 heavy (non-hydrogen) atoms. The Morgan fingerprint density at radius 1 is 0.348 bits per heavy atom. The predicted molar refractivity (Wildman–Crippen MR) is 193 cm³/mol. The van der Waals surface area contributed by atoms with Crippen molar-refractivity contribution in [3.05, 3.63) is 146 Å². The van der Waals surface area contributed by atoms with Crippen LogP contribution >= 0.6 is 22.7 Å². The normalized spacial score (nSPS) is 11.5. The second-order valence-electron chi connectivity index (χ2n) is 11.1. The first-order valence-electron chi connectivity index (χ1n) is 15.1. The lowest BCUT2D eigenvalue weighted by Gasteiger charge is -2.09. The van der Waals surface area contributed by atoms with Crippen LogP contribution in [0, 0.1) is 0 Å². The largest absolute Gasteiger partial charge is 0.235 e. The molecule has 9 aromatic rings. The fourth-order valence-corrected chi connectivity index (χ4v) is 8.15. The Hall–Kier alpha value is -5.56. The SMILES string of the molecule is c1ccc(-c2ccc(-c3nc4c(-c5nc(-c6ccccc6)nc(-c6cccc7c6sc6ccccc67)n5)cccc4s3)cc2)cc1. The summed E-state index contributed by atoms with van der Waals surface area (Å²) in [5.74, 6) is 1.91. The number of fused-ring (bicyclic) bond motifs is 4. The van der Waals surface area contributed by atoms with Crippen LogP contribution < -0.4 is 0 Å². The van der Waals surface area contributed by atoms with Crippen LogP contribution in [-0.4, -0.2) is 19.9 Å². The number of thiazole rings is 1. The molecule has 0 radical (unpaired) electrons. The van der Waals surface area contributed by atoms with Gasteiger partial charge < -0.3 is 0 Å². The summed E-state index contributed by atoms with van der Waals surface area (Å²) in [5, 5.41) is 3.43. The molecule has 0 fully saturated rings. The summed E-state index contributed by atoms with van der Waals surface area (Å²) in [4.78, 5) is 20.4. The van der Waals surface area contributed by atoms with Gasteiger partial charge in [0.25, 0.3) is 0 Å². The minimum absolute atomic E-state index is 0.615. The highest BCUT2D eigenvalue weighted by atomic mass is 32.1. The Labute approximate surface area is 273 Å². The predicted octanol–water partition coefficient (Wildman–Crippen LogP) is 11.2. The Balaban J connectivity index is 1.20. The van der Waals surface area contributed by atoms with Gasteiger partial charge in [-0.2, -0.15) is 0 Å². The van der Waals surface area contributed by atoms with Crippen molar-refractivity contribution in [1.82, 2.24) is 19.9 Å². The van der Waals surface area contributed by atoms with Gasteiger partial charge in [-0.15, -0.1) is 22.7 Å². The van der Waals surface area contributed by atoms with E-state index in [2.05, 4.69) is 109 Å². The molecule has 0 atom stereocenters. The third-order valence-electron chi connectivity index (χ3n) is 8.21. The number of nitrogens with zero attached hydrogens (tertiary/aromatic N) is 4. The van der Waals surface area contributed by atoms with Crippen LogP contribution in [0.15, 0.2) is 146 Å². The Morgan fingerprint density at radius 3 is 1.72 bits per heavy atom. The lowest BCUT2D eigenvalue weighted by atomic mass is 10.0. The number of rotatable bonds is 5. The number of hydrogen-bond acceptors (Lipinski definition) is 6. The molecule has 0 saturated carbocycles. The van der Waals surface area contributed by atoms with E-state index in [1.807, 2.05) is 36.4 Å². The van der Waals surface area contributed by atoms with E-state index >= 15 is 0 Å². The van der Waals surface area contributed by atoms with Gasteiger partial charge in [-0.05, 0) is 35.4 Å². The Bertz CT molecular complexity index is 2520. The zero-order valence-corrected chi connectivity index (χ0v) is 26.1. The van der Waals surface area contributed by atoms with Crippen LogP contribution in [0.2, 0.25) is 0 Å². The van der Waals surface area contributed by atoms with Crippen molar-refractivity contribution in [2.75, 3.05) is 0 Å². The third kappa shape index (κ3) is 4.67. The molecule has 0 amide bonds. The zero-order valence-electron chi connectivity index (χ0n) is 24.5. The maximum absolute atomic E-state index is 5.17. The van der Waals surface area contributed by atoms with E-state index in [1.54, 1.807) is 22.7 Å². The van der Waals surface area contributed by atoms with Gasteiger partial charge in [0.05, 0.1) is 10.2 Å². The molecule has 3 heterocycles. The number of para-hydroxylation sites is 1. The molecule has 3 aromatic heterocycles. The van der Waals surface area contributed by atoms with E-state index < -0.39 is 0 Å². The van der Waals surface area contributed by atoms with E-state index in [0.29, 0.717) is 17.5 Å². The molecular weight excluding hydrogens is 601 g/mol. The molecule has 0 bridgehead atoms. The maximum atomic E-state index is 5.17. The van der Waals surface area contributed by atoms with Crippen molar-refractivity contribution in [2.45, 2.75) is 0 Å². The Kier molecular flexibility index (Phi) is 6.47. The van der Waals surface area contributed by atoms with Crippen molar-refractivity contribution < 1.29 is 0 Å². The highest BCUT2D eigenvalue weighted by Crippen LogP contribution is 2.40. The minimum Gasteiger partial charge on any atom is -0.235 e. The van der Waals surface area contributed by atoms with Crippen molar-refractivity contribution in [3.8, 4) is 55.9 Å². The highest BCUT2D eigenvalue weighted by Gasteiger charge is 2.19. The fourth-order valence-electron chi connectivity index (χ4n) is 5.94.